The summed E-state index contributed by atoms with van der Waals surface area (Å²) in [5.41, 5.74) is 1.44. The molecule has 1 atom stereocenters. The van der Waals surface area contributed by atoms with E-state index in [1.165, 1.54) is 19.4 Å². The predicted octanol–water partition coefficient (Wildman–Crippen LogP) is 2.25. The molecule has 1 heterocycles. The zero-order chi connectivity index (χ0) is 17.4. The summed E-state index contributed by atoms with van der Waals surface area (Å²) in [5, 5.41) is 5.29. The van der Waals surface area contributed by atoms with Gasteiger partial charge in [0, 0.05) is 12.1 Å². The van der Waals surface area contributed by atoms with E-state index in [1.54, 1.807) is 25.1 Å². The van der Waals surface area contributed by atoms with Crippen molar-refractivity contribution in [1.29, 1.82) is 0 Å². The van der Waals surface area contributed by atoms with E-state index in [-0.39, 0.29) is 11.8 Å². The Balaban J connectivity index is 1.86. The molecule has 6 heteroatoms. The number of anilines is 1. The molecule has 0 fully saturated rings. The third kappa shape index (κ3) is 5.24. The number of amides is 2. The second-order valence-corrected chi connectivity index (χ2v) is 5.05. The summed E-state index contributed by atoms with van der Waals surface area (Å²) in [5.74, 6) is -0.210. The molecule has 0 saturated carbocycles. The number of aromatic nitrogens is 1. The van der Waals surface area contributed by atoms with Crippen molar-refractivity contribution < 1.29 is 14.3 Å². The minimum atomic E-state index is -0.681. The molecule has 0 aliphatic carbocycles. The Kier molecular flexibility index (Phi) is 6.08. The molecular weight excluding hydrogens is 306 g/mol. The van der Waals surface area contributed by atoms with Crippen LogP contribution in [-0.4, -0.2) is 29.9 Å². The van der Waals surface area contributed by atoms with Gasteiger partial charge in [-0.1, -0.05) is 30.3 Å². The fraction of sp³-hybridized carbons (Fsp3) is 0.167. The first kappa shape index (κ1) is 17.2. The number of benzene rings is 1. The summed E-state index contributed by atoms with van der Waals surface area (Å²) in [6.45, 7) is 1.61. The lowest BCUT2D eigenvalue weighted by Gasteiger charge is -2.13. The first-order valence-corrected chi connectivity index (χ1v) is 7.43. The molecule has 0 bridgehead atoms. The monoisotopic (exact) mass is 325 g/mol. The van der Waals surface area contributed by atoms with Gasteiger partial charge in [0.2, 0.25) is 17.7 Å². The Morgan fingerprint density at radius 3 is 2.54 bits per heavy atom. The van der Waals surface area contributed by atoms with Crippen molar-refractivity contribution in [3.8, 4) is 5.88 Å². The number of nitrogens with one attached hydrogen (secondary N) is 2. The number of methoxy groups -OCH3 is 1. The SMILES string of the molecule is COc1ccc(NC(=O)C(C)NC(=O)/C=C/c2ccccc2)cn1. The number of hydrogen-bond donors (Lipinski definition) is 2. The van der Waals surface area contributed by atoms with Crippen LogP contribution in [0.4, 0.5) is 5.69 Å². The highest BCUT2D eigenvalue weighted by Crippen LogP contribution is 2.11. The number of ether oxygens (including phenoxy) is 1. The molecule has 2 rings (SSSR count). The summed E-state index contributed by atoms with van der Waals surface area (Å²) >= 11 is 0. The van der Waals surface area contributed by atoms with Crippen molar-refractivity contribution in [2.45, 2.75) is 13.0 Å². The average Bonchev–Trinajstić information content (AvgIpc) is 2.61. The third-order valence-corrected chi connectivity index (χ3v) is 3.19. The minimum Gasteiger partial charge on any atom is -0.481 e. The van der Waals surface area contributed by atoms with Gasteiger partial charge in [-0.2, -0.15) is 0 Å². The number of carbonyl (C=O) groups is 2. The number of carbonyl (C=O) groups excluding carboxylic acids is 2. The largest absolute Gasteiger partial charge is 0.481 e. The van der Waals surface area contributed by atoms with E-state index < -0.39 is 6.04 Å². The van der Waals surface area contributed by atoms with Crippen molar-refractivity contribution in [3.63, 3.8) is 0 Å². The lowest BCUT2D eigenvalue weighted by atomic mass is 10.2. The zero-order valence-electron chi connectivity index (χ0n) is 13.5. The summed E-state index contributed by atoms with van der Waals surface area (Å²) in [6.07, 6.45) is 4.57. The van der Waals surface area contributed by atoms with Crippen LogP contribution in [0.15, 0.2) is 54.7 Å². The summed E-state index contributed by atoms with van der Waals surface area (Å²) in [4.78, 5) is 27.9. The highest BCUT2D eigenvalue weighted by Gasteiger charge is 2.14. The van der Waals surface area contributed by atoms with E-state index in [1.807, 2.05) is 30.3 Å². The number of nitrogens with zero attached hydrogens (tertiary/aromatic N) is 1. The van der Waals surface area contributed by atoms with Crippen LogP contribution < -0.4 is 15.4 Å². The van der Waals surface area contributed by atoms with Crippen LogP contribution in [0.2, 0.25) is 0 Å². The number of rotatable bonds is 6. The van der Waals surface area contributed by atoms with E-state index in [4.69, 9.17) is 4.74 Å². The Morgan fingerprint density at radius 2 is 1.92 bits per heavy atom. The highest BCUT2D eigenvalue weighted by atomic mass is 16.5. The van der Waals surface area contributed by atoms with Crippen LogP contribution in [0.1, 0.15) is 12.5 Å². The van der Waals surface area contributed by atoms with Gasteiger partial charge in [-0.15, -0.1) is 0 Å². The molecule has 0 aliphatic heterocycles. The summed E-state index contributed by atoms with van der Waals surface area (Å²) in [7, 11) is 1.52. The van der Waals surface area contributed by atoms with E-state index >= 15 is 0 Å². The first-order chi connectivity index (χ1) is 11.6. The van der Waals surface area contributed by atoms with Gasteiger partial charge in [-0.25, -0.2) is 4.98 Å². The van der Waals surface area contributed by atoms with Crippen molar-refractivity contribution in [2.24, 2.45) is 0 Å². The van der Waals surface area contributed by atoms with Crippen molar-refractivity contribution in [3.05, 3.63) is 60.3 Å². The van der Waals surface area contributed by atoms with Gasteiger partial charge in [0.1, 0.15) is 6.04 Å². The molecular formula is C18H19N3O3. The molecule has 0 spiro atoms. The molecule has 2 N–H and O–H groups in total. The van der Waals surface area contributed by atoms with Crippen molar-refractivity contribution >= 4 is 23.6 Å². The Bertz CT molecular complexity index is 712. The van der Waals surface area contributed by atoms with Crippen molar-refractivity contribution in [2.75, 3.05) is 12.4 Å². The van der Waals surface area contributed by atoms with Crippen LogP contribution in [0, 0.1) is 0 Å². The van der Waals surface area contributed by atoms with Gasteiger partial charge < -0.3 is 15.4 Å². The topological polar surface area (TPSA) is 80.3 Å². The van der Waals surface area contributed by atoms with Gasteiger partial charge in [0.05, 0.1) is 19.0 Å². The maximum absolute atomic E-state index is 12.1. The normalized spacial score (nSPS) is 11.8. The molecule has 6 nitrogen and oxygen atoms in total. The molecule has 124 valence electrons. The predicted molar refractivity (Wildman–Crippen MR) is 92.5 cm³/mol. The standard InChI is InChI=1S/C18H19N3O3/c1-13(18(23)21-15-9-11-17(24-2)19-12-15)20-16(22)10-8-14-6-4-3-5-7-14/h3-13H,1-2H3,(H,20,22)(H,21,23)/b10-8+. The maximum atomic E-state index is 12.1. The molecule has 0 radical (unpaired) electrons. The minimum absolute atomic E-state index is 0.330. The van der Waals surface area contributed by atoms with Gasteiger partial charge in [0.15, 0.2) is 0 Å². The van der Waals surface area contributed by atoms with Gasteiger partial charge in [0.25, 0.3) is 0 Å². The molecule has 0 aliphatic rings. The van der Waals surface area contributed by atoms with Crippen LogP contribution in [-0.2, 0) is 9.59 Å². The van der Waals surface area contributed by atoms with Crippen molar-refractivity contribution in [1.82, 2.24) is 10.3 Å². The molecule has 2 amide bonds. The Hall–Kier alpha value is -3.15. The number of pyridine rings is 1. The molecule has 24 heavy (non-hydrogen) atoms. The second kappa shape index (κ2) is 8.47. The molecule has 1 aromatic carbocycles. The van der Waals surface area contributed by atoms with Crippen LogP contribution in [0.25, 0.3) is 6.08 Å². The molecule has 0 saturated heterocycles. The fourth-order valence-electron chi connectivity index (χ4n) is 1.89. The second-order valence-electron chi connectivity index (χ2n) is 5.05. The summed E-state index contributed by atoms with van der Waals surface area (Å²) in [6, 6.07) is 12.1. The smallest absolute Gasteiger partial charge is 0.246 e. The first-order valence-electron chi connectivity index (χ1n) is 7.43. The van der Waals surface area contributed by atoms with Crippen LogP contribution in [0.3, 0.4) is 0 Å². The quantitative estimate of drug-likeness (QED) is 0.798. The zero-order valence-corrected chi connectivity index (χ0v) is 13.5. The van der Waals surface area contributed by atoms with Crippen LogP contribution in [0.5, 0.6) is 5.88 Å². The van der Waals surface area contributed by atoms with Gasteiger partial charge >= 0.3 is 0 Å². The molecule has 1 aromatic heterocycles. The highest BCUT2D eigenvalue weighted by molar-refractivity contribution is 5.99. The van der Waals surface area contributed by atoms with Crippen LogP contribution >= 0.6 is 0 Å². The summed E-state index contributed by atoms with van der Waals surface area (Å²) < 4.78 is 4.95. The lowest BCUT2D eigenvalue weighted by molar-refractivity contribution is -0.123. The van der Waals surface area contributed by atoms with Gasteiger partial charge in [-0.05, 0) is 24.6 Å². The number of hydrogen-bond acceptors (Lipinski definition) is 4. The Labute approximate surface area is 140 Å². The van der Waals surface area contributed by atoms with E-state index in [9.17, 15) is 9.59 Å². The van der Waals surface area contributed by atoms with Gasteiger partial charge in [-0.3, -0.25) is 9.59 Å². The maximum Gasteiger partial charge on any atom is 0.246 e. The lowest BCUT2D eigenvalue weighted by Crippen LogP contribution is -2.40. The average molecular weight is 325 g/mol. The fourth-order valence-corrected chi connectivity index (χ4v) is 1.89. The Morgan fingerprint density at radius 1 is 1.17 bits per heavy atom. The van der Waals surface area contributed by atoms with E-state index in [0.717, 1.165) is 5.56 Å². The third-order valence-electron chi connectivity index (χ3n) is 3.19. The van der Waals surface area contributed by atoms with E-state index in [2.05, 4.69) is 15.6 Å². The van der Waals surface area contributed by atoms with E-state index in [0.29, 0.717) is 11.6 Å². The molecule has 2 aromatic rings. The molecule has 1 unspecified atom stereocenters.